The second-order valence-corrected chi connectivity index (χ2v) is 8.31. The van der Waals surface area contributed by atoms with E-state index in [1.807, 2.05) is 58.1 Å². The van der Waals surface area contributed by atoms with Gasteiger partial charge in [-0.2, -0.15) is 0 Å². The minimum Gasteiger partial charge on any atom is -0.497 e. The van der Waals surface area contributed by atoms with Crippen LogP contribution in [0.2, 0.25) is 0 Å². The fraction of sp³-hybridized carbons (Fsp3) is 0.304. The summed E-state index contributed by atoms with van der Waals surface area (Å²) in [7, 11) is 1.60. The molecule has 1 fully saturated rings. The first kappa shape index (κ1) is 20.3. The SMILES string of the molecule is COc1cccc(NC(=O)CSc2cn(CC(=O)N3CCCC3)c3ccccc23)c1. The van der Waals surface area contributed by atoms with E-state index in [-0.39, 0.29) is 17.6 Å². The van der Waals surface area contributed by atoms with Gasteiger partial charge >= 0.3 is 0 Å². The van der Waals surface area contributed by atoms with Gasteiger partial charge in [0.05, 0.1) is 12.9 Å². The Labute approximate surface area is 180 Å². The van der Waals surface area contributed by atoms with Gasteiger partial charge in [-0.3, -0.25) is 9.59 Å². The number of hydrogen-bond donors (Lipinski definition) is 1. The molecule has 156 valence electrons. The van der Waals surface area contributed by atoms with Crippen LogP contribution in [0.4, 0.5) is 5.69 Å². The van der Waals surface area contributed by atoms with E-state index in [9.17, 15) is 9.59 Å². The van der Waals surface area contributed by atoms with E-state index in [0.717, 1.165) is 41.7 Å². The lowest BCUT2D eigenvalue weighted by molar-refractivity contribution is -0.130. The number of methoxy groups -OCH3 is 1. The highest BCUT2D eigenvalue weighted by molar-refractivity contribution is 8.00. The number of nitrogens with one attached hydrogen (secondary N) is 1. The second kappa shape index (κ2) is 9.26. The number of carbonyl (C=O) groups excluding carboxylic acids is 2. The summed E-state index contributed by atoms with van der Waals surface area (Å²) in [5.74, 6) is 1.05. The number of carbonyl (C=O) groups is 2. The molecule has 1 aromatic heterocycles. The summed E-state index contributed by atoms with van der Waals surface area (Å²) in [5.41, 5.74) is 1.72. The first-order chi connectivity index (χ1) is 14.6. The van der Waals surface area contributed by atoms with E-state index in [2.05, 4.69) is 5.32 Å². The molecule has 0 unspecified atom stereocenters. The summed E-state index contributed by atoms with van der Waals surface area (Å²) in [6, 6.07) is 15.3. The van der Waals surface area contributed by atoms with Crippen LogP contribution in [0.1, 0.15) is 12.8 Å². The number of amides is 2. The van der Waals surface area contributed by atoms with E-state index in [0.29, 0.717) is 18.0 Å². The maximum atomic E-state index is 12.6. The van der Waals surface area contributed by atoms with Crippen molar-refractivity contribution < 1.29 is 14.3 Å². The average Bonchev–Trinajstić information content (AvgIpc) is 3.41. The van der Waals surface area contributed by atoms with Crippen molar-refractivity contribution in [3.05, 3.63) is 54.7 Å². The molecule has 2 aromatic carbocycles. The molecule has 2 amide bonds. The van der Waals surface area contributed by atoms with Gasteiger partial charge in [0, 0.05) is 46.8 Å². The van der Waals surface area contributed by atoms with E-state index in [1.165, 1.54) is 11.8 Å². The lowest BCUT2D eigenvalue weighted by Gasteiger charge is -2.15. The Morgan fingerprint density at radius 1 is 1.10 bits per heavy atom. The number of likely N-dealkylation sites (tertiary alicyclic amines) is 1. The highest BCUT2D eigenvalue weighted by Crippen LogP contribution is 2.30. The minimum absolute atomic E-state index is 0.0850. The fourth-order valence-electron chi connectivity index (χ4n) is 3.71. The molecular weight excluding hydrogens is 398 g/mol. The summed E-state index contributed by atoms with van der Waals surface area (Å²) in [5, 5.41) is 3.96. The molecule has 3 aromatic rings. The van der Waals surface area contributed by atoms with Gasteiger partial charge in [-0.15, -0.1) is 11.8 Å². The normalized spacial score (nSPS) is 13.6. The van der Waals surface area contributed by atoms with Crippen LogP contribution < -0.4 is 10.1 Å². The van der Waals surface area contributed by atoms with Crippen LogP contribution in [0.15, 0.2) is 59.6 Å². The average molecular weight is 424 g/mol. The molecule has 7 heteroatoms. The predicted octanol–water partition coefficient (Wildman–Crippen LogP) is 4.00. The number of anilines is 1. The van der Waals surface area contributed by atoms with Crippen molar-refractivity contribution in [1.29, 1.82) is 0 Å². The maximum Gasteiger partial charge on any atom is 0.242 e. The fourth-order valence-corrected chi connectivity index (χ4v) is 4.60. The quantitative estimate of drug-likeness (QED) is 0.584. The predicted molar refractivity (Wildman–Crippen MR) is 120 cm³/mol. The van der Waals surface area contributed by atoms with Gasteiger partial charge in [0.15, 0.2) is 0 Å². The molecule has 0 saturated carbocycles. The highest BCUT2D eigenvalue weighted by Gasteiger charge is 2.19. The third-order valence-corrected chi connectivity index (χ3v) is 6.27. The second-order valence-electron chi connectivity index (χ2n) is 7.30. The van der Waals surface area contributed by atoms with Crippen molar-refractivity contribution in [2.75, 3.05) is 31.3 Å². The van der Waals surface area contributed by atoms with E-state index in [1.54, 1.807) is 13.2 Å². The van der Waals surface area contributed by atoms with Crippen LogP contribution in [-0.4, -0.2) is 47.2 Å². The molecule has 1 aliphatic rings. The molecule has 1 aliphatic heterocycles. The minimum atomic E-state index is -0.0850. The molecule has 4 rings (SSSR count). The smallest absolute Gasteiger partial charge is 0.242 e. The van der Waals surface area contributed by atoms with Crippen LogP contribution in [0.3, 0.4) is 0 Å². The molecule has 6 nitrogen and oxygen atoms in total. The first-order valence-electron chi connectivity index (χ1n) is 10.1. The monoisotopic (exact) mass is 423 g/mol. The number of ether oxygens (including phenoxy) is 1. The molecule has 0 spiro atoms. The van der Waals surface area contributed by atoms with Crippen LogP contribution in [0, 0.1) is 0 Å². The number of hydrogen-bond acceptors (Lipinski definition) is 4. The molecule has 0 aliphatic carbocycles. The van der Waals surface area contributed by atoms with Gasteiger partial charge in [0.25, 0.3) is 0 Å². The highest BCUT2D eigenvalue weighted by atomic mass is 32.2. The Morgan fingerprint density at radius 2 is 1.90 bits per heavy atom. The van der Waals surface area contributed by atoms with Crippen LogP contribution in [0.25, 0.3) is 10.9 Å². The number of fused-ring (bicyclic) bond motifs is 1. The molecule has 30 heavy (non-hydrogen) atoms. The molecule has 2 heterocycles. The van der Waals surface area contributed by atoms with Crippen molar-refractivity contribution in [2.45, 2.75) is 24.3 Å². The van der Waals surface area contributed by atoms with Crippen LogP contribution in [-0.2, 0) is 16.1 Å². The summed E-state index contributed by atoms with van der Waals surface area (Å²) < 4.78 is 7.19. The number of para-hydroxylation sites is 1. The number of nitrogens with zero attached hydrogens (tertiary/aromatic N) is 2. The van der Waals surface area contributed by atoms with Crippen molar-refractivity contribution in [2.24, 2.45) is 0 Å². The Kier molecular flexibility index (Phi) is 6.28. The number of thioether (sulfide) groups is 1. The summed E-state index contributed by atoms with van der Waals surface area (Å²) >= 11 is 1.48. The van der Waals surface area contributed by atoms with Crippen molar-refractivity contribution in [3.63, 3.8) is 0 Å². The molecular formula is C23H25N3O3S. The Bertz CT molecular complexity index is 1060. The Hall–Kier alpha value is -2.93. The molecule has 0 radical (unpaired) electrons. The van der Waals surface area contributed by atoms with Gasteiger partial charge in [-0.25, -0.2) is 0 Å². The standard InChI is InChI=1S/C23H25N3O3S/c1-29-18-8-6-7-17(13-18)24-22(27)16-30-21-14-26(20-10-3-2-9-19(20)21)15-23(28)25-11-4-5-12-25/h2-3,6-10,13-14H,4-5,11-12,15-16H2,1H3,(H,24,27). The first-order valence-corrected chi connectivity index (χ1v) is 11.0. The molecule has 1 N–H and O–H groups in total. The zero-order chi connectivity index (χ0) is 20.9. The van der Waals surface area contributed by atoms with Gasteiger partial charge in [-0.05, 0) is 31.0 Å². The van der Waals surface area contributed by atoms with E-state index < -0.39 is 0 Å². The summed E-state index contributed by atoms with van der Waals surface area (Å²) in [4.78, 5) is 28.0. The maximum absolute atomic E-state index is 12.6. The van der Waals surface area contributed by atoms with Crippen molar-refractivity contribution >= 4 is 40.2 Å². The van der Waals surface area contributed by atoms with Crippen molar-refractivity contribution in [1.82, 2.24) is 9.47 Å². The lowest BCUT2D eigenvalue weighted by atomic mass is 10.2. The third-order valence-electron chi connectivity index (χ3n) is 5.23. The van der Waals surface area contributed by atoms with E-state index >= 15 is 0 Å². The van der Waals surface area contributed by atoms with Gasteiger partial charge in [0.1, 0.15) is 12.3 Å². The van der Waals surface area contributed by atoms with Gasteiger partial charge < -0.3 is 19.5 Å². The Balaban J connectivity index is 1.44. The van der Waals surface area contributed by atoms with Crippen molar-refractivity contribution in [3.8, 4) is 5.75 Å². The van der Waals surface area contributed by atoms with Gasteiger partial charge in [0.2, 0.25) is 11.8 Å². The topological polar surface area (TPSA) is 63.6 Å². The summed E-state index contributed by atoms with van der Waals surface area (Å²) in [6.45, 7) is 2.03. The molecule has 0 atom stereocenters. The zero-order valence-corrected chi connectivity index (χ0v) is 17.8. The lowest BCUT2D eigenvalue weighted by Crippen LogP contribution is -2.30. The van der Waals surface area contributed by atoms with E-state index in [4.69, 9.17) is 4.74 Å². The van der Waals surface area contributed by atoms with Crippen LogP contribution in [0.5, 0.6) is 5.75 Å². The zero-order valence-electron chi connectivity index (χ0n) is 17.0. The van der Waals surface area contributed by atoms with Gasteiger partial charge in [-0.1, -0.05) is 24.3 Å². The number of benzene rings is 2. The summed E-state index contributed by atoms with van der Waals surface area (Å²) in [6.07, 6.45) is 4.16. The molecule has 1 saturated heterocycles. The number of rotatable bonds is 7. The van der Waals surface area contributed by atoms with Crippen LogP contribution >= 0.6 is 11.8 Å². The molecule has 0 bridgehead atoms. The largest absolute Gasteiger partial charge is 0.497 e. The Morgan fingerprint density at radius 3 is 2.70 bits per heavy atom. The number of aromatic nitrogens is 1. The third kappa shape index (κ3) is 4.62.